The van der Waals surface area contributed by atoms with Crippen molar-refractivity contribution < 1.29 is 29.0 Å². The summed E-state index contributed by atoms with van der Waals surface area (Å²) in [5.41, 5.74) is 7.52. The third-order valence-electron chi connectivity index (χ3n) is 8.94. The first-order valence-corrected chi connectivity index (χ1v) is 18.3. The number of fused-ring (bicyclic) bond motifs is 1. The lowest BCUT2D eigenvalue weighted by Gasteiger charge is -2.30. The van der Waals surface area contributed by atoms with Crippen molar-refractivity contribution >= 4 is 34.6 Å². The molecule has 0 bridgehead atoms. The van der Waals surface area contributed by atoms with Crippen LogP contribution in [0.25, 0.3) is 10.8 Å². The van der Waals surface area contributed by atoms with E-state index in [1.54, 1.807) is 20.8 Å². The van der Waals surface area contributed by atoms with Crippen molar-refractivity contribution in [2.24, 2.45) is 17.6 Å². The van der Waals surface area contributed by atoms with E-state index in [9.17, 15) is 24.3 Å². The maximum absolute atomic E-state index is 14.2. The van der Waals surface area contributed by atoms with Gasteiger partial charge in [0.25, 0.3) is 0 Å². The number of hydrogen-bond acceptors (Lipinski definition) is 6. The van der Waals surface area contributed by atoms with E-state index in [1.807, 2.05) is 117 Å². The Kier molecular flexibility index (Phi) is 14.6. The van der Waals surface area contributed by atoms with Gasteiger partial charge in [0.1, 0.15) is 17.7 Å². The molecule has 0 aliphatic carbocycles. The number of aliphatic hydroxyl groups excluding tert-OH is 1. The first-order valence-electron chi connectivity index (χ1n) is 18.3. The van der Waals surface area contributed by atoms with Gasteiger partial charge in [0, 0.05) is 12.3 Å². The van der Waals surface area contributed by atoms with Crippen LogP contribution >= 0.6 is 0 Å². The molecule has 0 spiro atoms. The van der Waals surface area contributed by atoms with Crippen molar-refractivity contribution in [2.45, 2.75) is 96.6 Å². The van der Waals surface area contributed by atoms with Gasteiger partial charge in [-0.1, -0.05) is 117 Å². The number of alkyl carbamates (subject to hydrolysis) is 1. The van der Waals surface area contributed by atoms with Gasteiger partial charge in [-0.05, 0) is 79.8 Å². The highest BCUT2D eigenvalue weighted by atomic mass is 16.6. The molecule has 0 aliphatic heterocycles. The van der Waals surface area contributed by atoms with Gasteiger partial charge in [0.05, 0.1) is 12.1 Å². The minimum atomic E-state index is -1.17. The van der Waals surface area contributed by atoms with Crippen LogP contribution < -0.4 is 21.7 Å². The molecule has 0 saturated heterocycles. The van der Waals surface area contributed by atoms with Gasteiger partial charge in [0.2, 0.25) is 17.7 Å². The Hall–Kier alpha value is -5.22. The maximum atomic E-state index is 14.2. The van der Waals surface area contributed by atoms with Crippen LogP contribution in [0.2, 0.25) is 0 Å². The van der Waals surface area contributed by atoms with Gasteiger partial charge in [-0.3, -0.25) is 14.4 Å². The third-order valence-corrected chi connectivity index (χ3v) is 8.94. The lowest BCUT2D eigenvalue weighted by atomic mass is 9.88. The summed E-state index contributed by atoms with van der Waals surface area (Å²) in [5, 5.41) is 22.5. The van der Waals surface area contributed by atoms with E-state index < -0.39 is 59.6 Å². The van der Waals surface area contributed by atoms with E-state index in [2.05, 4.69) is 16.0 Å². The summed E-state index contributed by atoms with van der Waals surface area (Å²) in [6.07, 6.45) is -0.819. The minimum Gasteiger partial charge on any atom is -0.444 e. The summed E-state index contributed by atoms with van der Waals surface area (Å²) in [6.45, 7) is 9.16. The molecule has 4 amide bonds. The molecule has 0 aliphatic rings. The molecule has 10 heteroatoms. The lowest BCUT2D eigenvalue weighted by Crippen LogP contribution is -2.55. The molecule has 0 saturated carbocycles. The van der Waals surface area contributed by atoms with Crippen LogP contribution in [0, 0.1) is 11.8 Å². The minimum absolute atomic E-state index is 0.0229. The third kappa shape index (κ3) is 13.4. The number of amides is 4. The van der Waals surface area contributed by atoms with Crippen molar-refractivity contribution in [1.29, 1.82) is 0 Å². The number of carbonyl (C=O) groups is 4. The number of nitrogens with two attached hydrogens (primary N) is 1. The Bertz CT molecular complexity index is 1810. The second kappa shape index (κ2) is 19.0. The van der Waals surface area contributed by atoms with Crippen molar-refractivity contribution in [3.8, 4) is 0 Å². The number of primary amides is 1. The van der Waals surface area contributed by atoms with E-state index in [0.717, 1.165) is 27.5 Å². The van der Waals surface area contributed by atoms with Crippen LogP contribution in [0.4, 0.5) is 4.79 Å². The van der Waals surface area contributed by atoms with Crippen LogP contribution in [-0.4, -0.2) is 58.8 Å². The van der Waals surface area contributed by atoms with Crippen LogP contribution in [0.15, 0.2) is 103 Å². The number of carbonyl (C=O) groups excluding carboxylic acids is 4. The molecule has 0 fully saturated rings. The monoisotopic (exact) mass is 722 g/mol. The summed E-state index contributed by atoms with van der Waals surface area (Å²) in [5.74, 6) is -2.40. The largest absolute Gasteiger partial charge is 0.444 e. The predicted molar refractivity (Wildman–Crippen MR) is 208 cm³/mol. The first-order chi connectivity index (χ1) is 25.2. The summed E-state index contributed by atoms with van der Waals surface area (Å²) in [7, 11) is 0. The molecule has 0 radical (unpaired) electrons. The molecule has 53 heavy (non-hydrogen) atoms. The smallest absolute Gasteiger partial charge is 0.407 e. The van der Waals surface area contributed by atoms with Crippen LogP contribution in [0.5, 0.6) is 0 Å². The molecule has 6 N–H and O–H groups in total. The quantitative estimate of drug-likeness (QED) is 0.0951. The van der Waals surface area contributed by atoms with E-state index in [-0.39, 0.29) is 31.6 Å². The van der Waals surface area contributed by atoms with Crippen molar-refractivity contribution in [3.05, 3.63) is 120 Å². The summed E-state index contributed by atoms with van der Waals surface area (Å²) < 4.78 is 5.56. The number of ether oxygens (including phenoxy) is 1. The fourth-order valence-corrected chi connectivity index (χ4v) is 6.34. The molecular weight excluding hydrogens is 668 g/mol. The fraction of sp³-hybridized carbons (Fsp3) is 0.395. The Labute approximate surface area is 312 Å². The van der Waals surface area contributed by atoms with Crippen LogP contribution in [0.1, 0.15) is 64.2 Å². The number of rotatable bonds is 17. The number of hydrogen-bond donors (Lipinski definition) is 5. The SMILES string of the molecule is CC(C)CC(NC(=O)C(Cc1ccccc1)CC(O)C(Cc1ccc2ccccc2c1)NC(=O)OC(C)(C)C)C(=O)NC(Cc1ccccc1)C(N)=O. The lowest BCUT2D eigenvalue weighted by molar-refractivity contribution is -0.133. The second-order valence-electron chi connectivity index (χ2n) is 15.2. The Morgan fingerprint density at radius 2 is 1.23 bits per heavy atom. The summed E-state index contributed by atoms with van der Waals surface area (Å²) >= 11 is 0. The zero-order valence-corrected chi connectivity index (χ0v) is 31.4. The summed E-state index contributed by atoms with van der Waals surface area (Å²) in [4.78, 5) is 53.4. The average Bonchev–Trinajstić information content (AvgIpc) is 3.10. The predicted octanol–water partition coefficient (Wildman–Crippen LogP) is 5.63. The van der Waals surface area contributed by atoms with Gasteiger partial charge >= 0.3 is 6.09 Å². The zero-order chi connectivity index (χ0) is 38.5. The highest BCUT2D eigenvalue weighted by Gasteiger charge is 2.33. The molecule has 4 aromatic carbocycles. The zero-order valence-electron chi connectivity index (χ0n) is 31.4. The van der Waals surface area contributed by atoms with Crippen LogP contribution in [0.3, 0.4) is 0 Å². The maximum Gasteiger partial charge on any atom is 0.407 e. The fourth-order valence-electron chi connectivity index (χ4n) is 6.34. The van der Waals surface area contributed by atoms with Gasteiger partial charge in [-0.2, -0.15) is 0 Å². The molecule has 10 nitrogen and oxygen atoms in total. The Morgan fingerprint density at radius 1 is 0.660 bits per heavy atom. The molecule has 5 unspecified atom stereocenters. The van der Waals surface area contributed by atoms with Gasteiger partial charge in [0.15, 0.2) is 0 Å². The van der Waals surface area contributed by atoms with E-state index in [0.29, 0.717) is 6.42 Å². The highest BCUT2D eigenvalue weighted by molar-refractivity contribution is 5.92. The van der Waals surface area contributed by atoms with Gasteiger partial charge in [-0.15, -0.1) is 0 Å². The average molecular weight is 723 g/mol. The standard InChI is InChI=1S/C43H54N4O6/c1-28(2)22-37(41(51)45-36(39(44)49)25-30-16-10-7-11-17-30)46-40(50)34(23-29-14-8-6-9-15-29)27-38(48)35(47-42(52)53-43(3,4)5)26-31-20-21-32-18-12-13-19-33(32)24-31/h6-21,24,28,34-38,48H,22-23,25-27H2,1-5H3,(H2,44,49)(H,45,51)(H,46,50)(H,47,52). The highest BCUT2D eigenvalue weighted by Crippen LogP contribution is 2.22. The van der Waals surface area contributed by atoms with Crippen molar-refractivity contribution in [2.75, 3.05) is 0 Å². The molecule has 282 valence electrons. The molecule has 4 aromatic rings. The number of benzene rings is 4. The van der Waals surface area contributed by atoms with E-state index in [4.69, 9.17) is 10.5 Å². The first kappa shape index (κ1) is 40.5. The second-order valence-corrected chi connectivity index (χ2v) is 15.2. The van der Waals surface area contributed by atoms with Crippen molar-refractivity contribution in [1.82, 2.24) is 16.0 Å². The normalized spacial score (nSPS) is 14.4. The molecule has 0 aromatic heterocycles. The summed E-state index contributed by atoms with van der Waals surface area (Å²) in [6, 6.07) is 29.8. The van der Waals surface area contributed by atoms with Crippen LogP contribution in [-0.2, 0) is 38.4 Å². The molecule has 4 rings (SSSR count). The number of nitrogens with one attached hydrogen (secondary N) is 3. The molecular formula is C43H54N4O6. The van der Waals surface area contributed by atoms with E-state index in [1.165, 1.54) is 0 Å². The van der Waals surface area contributed by atoms with Gasteiger partial charge in [-0.25, -0.2) is 4.79 Å². The Morgan fingerprint density at radius 3 is 1.81 bits per heavy atom. The Balaban J connectivity index is 1.58. The van der Waals surface area contributed by atoms with E-state index >= 15 is 0 Å². The van der Waals surface area contributed by atoms with Gasteiger partial charge < -0.3 is 31.5 Å². The molecule has 5 atom stereocenters. The molecule has 0 heterocycles. The van der Waals surface area contributed by atoms with Crippen molar-refractivity contribution in [3.63, 3.8) is 0 Å². The topological polar surface area (TPSA) is 160 Å². The number of aliphatic hydroxyl groups is 1.